The number of amides is 3. The lowest BCUT2D eigenvalue weighted by atomic mass is 9.90. The molecule has 1 heterocycles. The molecule has 7 atom stereocenters. The van der Waals surface area contributed by atoms with E-state index in [1.165, 1.54) is 12.5 Å². The first kappa shape index (κ1) is 31.8. The van der Waals surface area contributed by atoms with Crippen LogP contribution in [0.15, 0.2) is 30.3 Å². The average Bonchev–Trinajstić information content (AvgIpc) is 3.38. The zero-order chi connectivity index (χ0) is 28.4. The van der Waals surface area contributed by atoms with Crippen molar-refractivity contribution in [2.75, 3.05) is 27.8 Å². The van der Waals surface area contributed by atoms with Crippen molar-refractivity contribution < 1.29 is 23.9 Å². The number of rotatable bonds is 14. The molecule has 0 aromatic heterocycles. The number of likely N-dealkylation sites (tertiary alicyclic amines) is 1. The molecular formula is C30H49N3O5. The minimum absolute atomic E-state index is 0.0237. The summed E-state index contributed by atoms with van der Waals surface area (Å²) in [6.07, 6.45) is 2.57. The number of carbonyl (C=O) groups is 3. The second-order valence-corrected chi connectivity index (χ2v) is 10.9. The van der Waals surface area contributed by atoms with E-state index in [1.54, 1.807) is 26.2 Å². The van der Waals surface area contributed by atoms with E-state index in [2.05, 4.69) is 31.3 Å². The van der Waals surface area contributed by atoms with Gasteiger partial charge in [0.2, 0.25) is 17.7 Å². The van der Waals surface area contributed by atoms with E-state index in [1.807, 2.05) is 36.9 Å². The Kier molecular flexibility index (Phi) is 12.7. The molecule has 0 aliphatic carbocycles. The van der Waals surface area contributed by atoms with Crippen LogP contribution in [0.5, 0.6) is 0 Å². The number of nitrogens with zero attached hydrogens (tertiary/aromatic N) is 2. The standard InChI is InChI=1S/C30H49N3O5/c1-9-20(2)28(32(6)23(5)34)26(37-7)19-27(35)33-17-13-16-25(33)29(38-8)22(4)30(36)31-21(3)18-24-14-11-10-12-15-24/h10-12,14-15,20-22,25-26,28-29H,9,13,16-19H2,1-8H3,(H,31,36)/t20-,21+,22+,25-,26+,28-,29+/m0/s1. The van der Waals surface area contributed by atoms with E-state index in [4.69, 9.17) is 9.47 Å². The van der Waals surface area contributed by atoms with Gasteiger partial charge in [-0.25, -0.2) is 0 Å². The van der Waals surface area contributed by atoms with Crippen LogP contribution in [0, 0.1) is 11.8 Å². The van der Waals surface area contributed by atoms with Crippen LogP contribution >= 0.6 is 0 Å². The molecule has 214 valence electrons. The lowest BCUT2D eigenvalue weighted by Gasteiger charge is -2.39. The first-order valence-corrected chi connectivity index (χ1v) is 14.0. The minimum Gasteiger partial charge on any atom is -0.379 e. The summed E-state index contributed by atoms with van der Waals surface area (Å²) >= 11 is 0. The number of nitrogens with one attached hydrogen (secondary N) is 1. The highest BCUT2D eigenvalue weighted by Gasteiger charge is 2.41. The molecule has 0 saturated carbocycles. The first-order chi connectivity index (χ1) is 18.0. The molecule has 1 fully saturated rings. The Hall–Kier alpha value is -2.45. The number of ether oxygens (including phenoxy) is 2. The molecular weight excluding hydrogens is 482 g/mol. The molecule has 38 heavy (non-hydrogen) atoms. The van der Waals surface area contributed by atoms with E-state index in [0.717, 1.165) is 25.7 Å². The lowest BCUT2D eigenvalue weighted by Crippen LogP contribution is -2.53. The van der Waals surface area contributed by atoms with Crippen LogP contribution < -0.4 is 5.32 Å². The summed E-state index contributed by atoms with van der Waals surface area (Å²) in [7, 11) is 4.99. The molecule has 3 amide bonds. The highest BCUT2D eigenvalue weighted by Crippen LogP contribution is 2.29. The Morgan fingerprint density at radius 2 is 1.76 bits per heavy atom. The molecule has 1 aromatic carbocycles. The van der Waals surface area contributed by atoms with Crippen molar-refractivity contribution in [3.8, 4) is 0 Å². The van der Waals surface area contributed by atoms with Gasteiger partial charge < -0.3 is 24.6 Å². The van der Waals surface area contributed by atoms with Crippen molar-refractivity contribution in [1.82, 2.24) is 15.1 Å². The van der Waals surface area contributed by atoms with E-state index < -0.39 is 18.1 Å². The SMILES string of the molecule is CC[C@H](C)[C@@H]([C@@H](CC(=O)N1CCC[C@H]1[C@H](OC)[C@@H](C)C(=O)N[C@H](C)Cc1ccccc1)OC)N(C)C(C)=O. The van der Waals surface area contributed by atoms with E-state index in [9.17, 15) is 14.4 Å². The summed E-state index contributed by atoms with van der Waals surface area (Å²) < 4.78 is 11.7. The highest BCUT2D eigenvalue weighted by molar-refractivity contribution is 5.80. The number of carbonyl (C=O) groups excluding carboxylic acids is 3. The van der Waals surface area contributed by atoms with Crippen LogP contribution in [-0.4, -0.2) is 85.7 Å². The quantitative estimate of drug-likeness (QED) is 0.396. The van der Waals surface area contributed by atoms with Gasteiger partial charge in [0, 0.05) is 40.8 Å². The van der Waals surface area contributed by atoms with Crippen molar-refractivity contribution in [2.45, 2.75) is 97.1 Å². The molecule has 0 unspecified atom stereocenters. The average molecular weight is 532 g/mol. The van der Waals surface area contributed by atoms with Gasteiger partial charge in [-0.2, -0.15) is 0 Å². The monoisotopic (exact) mass is 531 g/mol. The third-order valence-corrected chi connectivity index (χ3v) is 8.18. The van der Waals surface area contributed by atoms with Crippen LogP contribution in [0.25, 0.3) is 0 Å². The van der Waals surface area contributed by atoms with Crippen LogP contribution in [-0.2, 0) is 30.3 Å². The van der Waals surface area contributed by atoms with Gasteiger partial charge in [0.05, 0.1) is 36.6 Å². The highest BCUT2D eigenvalue weighted by atomic mass is 16.5. The van der Waals surface area contributed by atoms with Gasteiger partial charge >= 0.3 is 0 Å². The zero-order valence-corrected chi connectivity index (χ0v) is 24.6. The first-order valence-electron chi connectivity index (χ1n) is 14.0. The van der Waals surface area contributed by atoms with Crippen molar-refractivity contribution in [3.05, 3.63) is 35.9 Å². The third-order valence-electron chi connectivity index (χ3n) is 8.18. The lowest BCUT2D eigenvalue weighted by molar-refractivity contribution is -0.145. The van der Waals surface area contributed by atoms with E-state index in [0.29, 0.717) is 6.54 Å². The summed E-state index contributed by atoms with van der Waals surface area (Å²) in [5, 5.41) is 3.13. The second-order valence-electron chi connectivity index (χ2n) is 10.9. The minimum atomic E-state index is -0.424. The van der Waals surface area contributed by atoms with E-state index >= 15 is 0 Å². The maximum atomic E-state index is 13.6. The molecule has 1 N–H and O–H groups in total. The fourth-order valence-corrected chi connectivity index (χ4v) is 5.76. The Labute approximate surface area is 229 Å². The smallest absolute Gasteiger partial charge is 0.225 e. The Bertz CT molecular complexity index is 895. The van der Waals surface area contributed by atoms with Crippen LogP contribution in [0.3, 0.4) is 0 Å². The van der Waals surface area contributed by atoms with Crippen molar-refractivity contribution in [2.24, 2.45) is 11.8 Å². The van der Waals surface area contributed by atoms with Crippen molar-refractivity contribution in [3.63, 3.8) is 0 Å². The fraction of sp³-hybridized carbons (Fsp3) is 0.700. The van der Waals surface area contributed by atoms with Crippen molar-refractivity contribution >= 4 is 17.7 Å². The van der Waals surface area contributed by atoms with Gasteiger partial charge in [0.15, 0.2) is 0 Å². The Balaban J connectivity index is 2.10. The van der Waals surface area contributed by atoms with Crippen LogP contribution in [0.4, 0.5) is 0 Å². The molecule has 0 bridgehead atoms. The number of hydrogen-bond donors (Lipinski definition) is 1. The molecule has 1 aromatic rings. The predicted molar refractivity (Wildman–Crippen MR) is 150 cm³/mol. The Morgan fingerprint density at radius 1 is 1.11 bits per heavy atom. The number of likely N-dealkylation sites (N-methyl/N-ethyl adjacent to an activating group) is 1. The van der Waals surface area contributed by atoms with Gasteiger partial charge in [-0.3, -0.25) is 14.4 Å². The van der Waals surface area contributed by atoms with Gasteiger partial charge in [0.1, 0.15) is 0 Å². The second kappa shape index (κ2) is 15.2. The van der Waals surface area contributed by atoms with Crippen molar-refractivity contribution in [1.29, 1.82) is 0 Å². The summed E-state index contributed by atoms with van der Waals surface area (Å²) in [4.78, 5) is 42.5. The van der Waals surface area contributed by atoms with Gasteiger partial charge in [-0.1, -0.05) is 57.5 Å². The van der Waals surface area contributed by atoms with E-state index in [-0.39, 0.29) is 48.2 Å². The maximum absolute atomic E-state index is 13.6. The number of methoxy groups -OCH3 is 2. The topological polar surface area (TPSA) is 88.2 Å². The summed E-state index contributed by atoms with van der Waals surface area (Å²) in [5.41, 5.74) is 1.17. The number of hydrogen-bond acceptors (Lipinski definition) is 5. The zero-order valence-electron chi connectivity index (χ0n) is 24.6. The fourth-order valence-electron chi connectivity index (χ4n) is 5.76. The Morgan fingerprint density at radius 3 is 2.32 bits per heavy atom. The molecule has 1 saturated heterocycles. The predicted octanol–water partition coefficient (Wildman–Crippen LogP) is 3.67. The molecule has 8 nitrogen and oxygen atoms in total. The van der Waals surface area contributed by atoms with Crippen LogP contribution in [0.2, 0.25) is 0 Å². The molecule has 8 heteroatoms. The maximum Gasteiger partial charge on any atom is 0.225 e. The summed E-state index contributed by atoms with van der Waals surface area (Å²) in [6.45, 7) is 10.2. The summed E-state index contributed by atoms with van der Waals surface area (Å²) in [6, 6.07) is 9.66. The molecule has 2 rings (SSSR count). The molecule has 0 spiro atoms. The normalized spacial score (nSPS) is 20.2. The molecule has 1 aliphatic rings. The number of benzene rings is 1. The van der Waals surface area contributed by atoms with Gasteiger partial charge in [-0.15, -0.1) is 0 Å². The van der Waals surface area contributed by atoms with Gasteiger partial charge in [0.25, 0.3) is 0 Å². The van der Waals surface area contributed by atoms with Gasteiger partial charge in [-0.05, 0) is 37.7 Å². The summed E-state index contributed by atoms with van der Waals surface area (Å²) in [5.74, 6) is -0.411. The molecule has 0 radical (unpaired) electrons. The van der Waals surface area contributed by atoms with Crippen LogP contribution in [0.1, 0.15) is 65.9 Å². The third kappa shape index (κ3) is 8.27. The molecule has 1 aliphatic heterocycles. The largest absolute Gasteiger partial charge is 0.379 e.